The number of hydrogen-bond donors (Lipinski definition) is 1. The summed E-state index contributed by atoms with van der Waals surface area (Å²) in [6, 6.07) is 10.3. The molecule has 1 N–H and O–H groups in total. The van der Waals surface area contributed by atoms with E-state index < -0.39 is 0 Å². The molecule has 0 atom stereocenters. The molecule has 0 bridgehead atoms. The van der Waals surface area contributed by atoms with Crippen LogP contribution in [0.3, 0.4) is 0 Å². The largest absolute Gasteiger partial charge is 0.396 e. The van der Waals surface area contributed by atoms with Crippen LogP contribution in [0.2, 0.25) is 0 Å². The Labute approximate surface area is 73.4 Å². The van der Waals surface area contributed by atoms with Gasteiger partial charge in [0.15, 0.2) is 0 Å². The fourth-order valence-corrected chi connectivity index (χ4v) is 1.03. The summed E-state index contributed by atoms with van der Waals surface area (Å²) in [4.78, 5) is 0. The van der Waals surface area contributed by atoms with E-state index in [0.29, 0.717) is 0 Å². The van der Waals surface area contributed by atoms with Crippen molar-refractivity contribution in [1.29, 1.82) is 0 Å². The van der Waals surface area contributed by atoms with E-state index in [2.05, 4.69) is 18.2 Å². The molecule has 0 radical (unpaired) electrons. The summed E-state index contributed by atoms with van der Waals surface area (Å²) in [6.07, 6.45) is 5.81. The molecule has 1 heteroatoms. The van der Waals surface area contributed by atoms with Crippen molar-refractivity contribution in [2.75, 3.05) is 6.61 Å². The topological polar surface area (TPSA) is 20.2 Å². The van der Waals surface area contributed by atoms with Gasteiger partial charge in [-0.25, -0.2) is 0 Å². The molecular weight excluding hydrogens is 148 g/mol. The van der Waals surface area contributed by atoms with Crippen LogP contribution in [0.1, 0.15) is 12.0 Å². The first kappa shape index (κ1) is 9.01. The lowest BCUT2D eigenvalue weighted by Gasteiger charge is -1.93. The first-order valence-corrected chi connectivity index (χ1v) is 4.23. The van der Waals surface area contributed by atoms with Gasteiger partial charge < -0.3 is 5.11 Å². The number of rotatable bonds is 4. The Morgan fingerprint density at radius 1 is 1.08 bits per heavy atom. The van der Waals surface area contributed by atoms with Crippen LogP contribution in [0.5, 0.6) is 0 Å². The van der Waals surface area contributed by atoms with Gasteiger partial charge in [0.25, 0.3) is 0 Å². The lowest BCUT2D eigenvalue weighted by molar-refractivity contribution is 0.302. The van der Waals surface area contributed by atoms with Crippen LogP contribution in [0.25, 0.3) is 0 Å². The molecule has 0 saturated heterocycles. The smallest absolute Gasteiger partial charge is 0.0465 e. The molecule has 0 unspecified atom stereocenters. The van der Waals surface area contributed by atoms with Crippen LogP contribution in [0, 0.1) is 0 Å². The van der Waals surface area contributed by atoms with E-state index in [1.54, 1.807) is 0 Å². The second kappa shape index (κ2) is 5.56. The number of aliphatic hydroxyl groups excluding tert-OH is 1. The van der Waals surface area contributed by atoms with Crippen molar-refractivity contribution >= 4 is 0 Å². The van der Waals surface area contributed by atoms with E-state index in [-0.39, 0.29) is 6.61 Å². The van der Waals surface area contributed by atoms with Crippen LogP contribution >= 0.6 is 0 Å². The molecule has 0 aliphatic carbocycles. The van der Waals surface area contributed by atoms with Crippen molar-refractivity contribution in [2.24, 2.45) is 0 Å². The average Bonchev–Trinajstić information content (AvgIpc) is 2.14. The zero-order valence-corrected chi connectivity index (χ0v) is 7.11. The quantitative estimate of drug-likeness (QED) is 0.673. The molecule has 0 spiro atoms. The standard InChI is InChI=1S/C11H14O/c12-10-6-2-5-9-11-7-3-1-4-8-11/h1-5,7-8,12H,6,9-10H2. The molecule has 0 heterocycles. The van der Waals surface area contributed by atoms with Gasteiger partial charge in [-0.3, -0.25) is 0 Å². The highest BCUT2D eigenvalue weighted by atomic mass is 16.2. The molecule has 0 aliphatic heterocycles. The van der Waals surface area contributed by atoms with Crippen molar-refractivity contribution in [3.63, 3.8) is 0 Å². The molecule has 1 rings (SSSR count). The maximum absolute atomic E-state index is 8.51. The van der Waals surface area contributed by atoms with Crippen molar-refractivity contribution < 1.29 is 5.11 Å². The Morgan fingerprint density at radius 3 is 2.50 bits per heavy atom. The molecule has 1 nitrogen and oxygen atoms in total. The minimum atomic E-state index is 0.241. The van der Waals surface area contributed by atoms with Crippen molar-refractivity contribution in [3.8, 4) is 0 Å². The van der Waals surface area contributed by atoms with Gasteiger partial charge in [0.1, 0.15) is 0 Å². The minimum Gasteiger partial charge on any atom is -0.396 e. The molecule has 64 valence electrons. The Balaban J connectivity index is 2.33. The van der Waals surface area contributed by atoms with Gasteiger partial charge in [0.05, 0.1) is 0 Å². The van der Waals surface area contributed by atoms with Gasteiger partial charge in [-0.1, -0.05) is 42.5 Å². The second-order valence-electron chi connectivity index (χ2n) is 2.67. The average molecular weight is 162 g/mol. The van der Waals surface area contributed by atoms with Crippen LogP contribution in [0.15, 0.2) is 42.5 Å². The van der Waals surface area contributed by atoms with Crippen LogP contribution in [-0.2, 0) is 6.42 Å². The second-order valence-corrected chi connectivity index (χ2v) is 2.67. The van der Waals surface area contributed by atoms with Gasteiger partial charge in [-0.15, -0.1) is 0 Å². The summed E-state index contributed by atoms with van der Waals surface area (Å²) in [5.41, 5.74) is 1.31. The Hall–Kier alpha value is -1.08. The molecule has 1 aromatic rings. The summed E-state index contributed by atoms with van der Waals surface area (Å²) >= 11 is 0. The fraction of sp³-hybridized carbons (Fsp3) is 0.273. The third-order valence-electron chi connectivity index (χ3n) is 1.66. The van der Waals surface area contributed by atoms with E-state index in [9.17, 15) is 0 Å². The number of benzene rings is 1. The number of hydrogen-bond acceptors (Lipinski definition) is 1. The fourth-order valence-electron chi connectivity index (χ4n) is 1.03. The number of aliphatic hydroxyl groups is 1. The molecule has 1 aromatic carbocycles. The van der Waals surface area contributed by atoms with Gasteiger partial charge in [-0.05, 0) is 18.4 Å². The van der Waals surface area contributed by atoms with E-state index in [0.717, 1.165) is 12.8 Å². The van der Waals surface area contributed by atoms with Crippen molar-refractivity contribution in [1.82, 2.24) is 0 Å². The van der Waals surface area contributed by atoms with E-state index in [1.165, 1.54) is 5.56 Å². The Kier molecular flexibility index (Phi) is 4.17. The SMILES string of the molecule is OCCC=CCc1ccccc1. The minimum absolute atomic E-state index is 0.241. The van der Waals surface area contributed by atoms with E-state index >= 15 is 0 Å². The third-order valence-corrected chi connectivity index (χ3v) is 1.66. The first-order valence-electron chi connectivity index (χ1n) is 4.23. The molecule has 0 amide bonds. The lowest BCUT2D eigenvalue weighted by atomic mass is 10.1. The Morgan fingerprint density at radius 2 is 1.83 bits per heavy atom. The monoisotopic (exact) mass is 162 g/mol. The Bertz CT molecular complexity index is 226. The maximum atomic E-state index is 8.51. The van der Waals surface area contributed by atoms with E-state index in [4.69, 9.17) is 5.11 Å². The van der Waals surface area contributed by atoms with Gasteiger partial charge in [-0.2, -0.15) is 0 Å². The van der Waals surface area contributed by atoms with Crippen LogP contribution in [0.4, 0.5) is 0 Å². The summed E-state index contributed by atoms with van der Waals surface area (Å²) in [6.45, 7) is 0.241. The highest BCUT2D eigenvalue weighted by Gasteiger charge is 1.84. The maximum Gasteiger partial charge on any atom is 0.0465 e. The third kappa shape index (κ3) is 3.35. The molecular formula is C11H14O. The van der Waals surface area contributed by atoms with Crippen LogP contribution < -0.4 is 0 Å². The summed E-state index contributed by atoms with van der Waals surface area (Å²) in [7, 11) is 0. The normalized spacial score (nSPS) is 10.8. The predicted molar refractivity (Wildman–Crippen MR) is 51.0 cm³/mol. The van der Waals surface area contributed by atoms with Crippen LogP contribution in [-0.4, -0.2) is 11.7 Å². The molecule has 12 heavy (non-hydrogen) atoms. The van der Waals surface area contributed by atoms with Crippen molar-refractivity contribution in [3.05, 3.63) is 48.0 Å². The molecule has 0 aliphatic rings. The highest BCUT2D eigenvalue weighted by Crippen LogP contribution is 2.00. The van der Waals surface area contributed by atoms with Gasteiger partial charge in [0, 0.05) is 6.61 Å². The number of allylic oxidation sites excluding steroid dienone is 1. The predicted octanol–water partition coefficient (Wildman–Crippen LogP) is 2.17. The zero-order valence-electron chi connectivity index (χ0n) is 7.11. The van der Waals surface area contributed by atoms with Gasteiger partial charge >= 0.3 is 0 Å². The first-order chi connectivity index (χ1) is 5.93. The highest BCUT2D eigenvalue weighted by molar-refractivity contribution is 5.17. The summed E-state index contributed by atoms with van der Waals surface area (Å²) < 4.78 is 0. The summed E-state index contributed by atoms with van der Waals surface area (Å²) in [5, 5.41) is 8.51. The summed E-state index contributed by atoms with van der Waals surface area (Å²) in [5.74, 6) is 0. The van der Waals surface area contributed by atoms with E-state index in [1.807, 2.05) is 24.3 Å². The van der Waals surface area contributed by atoms with Gasteiger partial charge in [0.2, 0.25) is 0 Å². The molecule has 0 saturated carbocycles. The van der Waals surface area contributed by atoms with Crippen molar-refractivity contribution in [2.45, 2.75) is 12.8 Å². The zero-order chi connectivity index (χ0) is 8.65. The molecule has 0 fully saturated rings. The lowest BCUT2D eigenvalue weighted by Crippen LogP contribution is -1.80. The molecule has 0 aromatic heterocycles.